The Labute approximate surface area is 127 Å². The summed E-state index contributed by atoms with van der Waals surface area (Å²) in [5.74, 6) is 0.739. The van der Waals surface area contributed by atoms with Crippen molar-refractivity contribution in [3.05, 3.63) is 34.9 Å². The number of hydrogen-bond donors (Lipinski definition) is 1. The number of aliphatic hydroxyl groups excluding tert-OH is 1. The first kappa shape index (κ1) is 14.4. The van der Waals surface area contributed by atoms with Gasteiger partial charge in [0.1, 0.15) is 0 Å². The lowest BCUT2D eigenvalue weighted by molar-refractivity contribution is 0.00704. The fourth-order valence-electron chi connectivity index (χ4n) is 4.12. The standard InChI is InChI=1S/C18H25ClO/c19-16-9-7-15(8-10-16)18(11-4-12-18)17(20)13-14-5-2-1-3-6-14/h7-10,14,17,20H,1-6,11-13H2. The van der Waals surface area contributed by atoms with Gasteiger partial charge in [0.05, 0.1) is 6.10 Å². The van der Waals surface area contributed by atoms with Crippen molar-refractivity contribution < 1.29 is 5.11 Å². The molecule has 1 aromatic carbocycles. The van der Waals surface area contributed by atoms with Crippen molar-refractivity contribution in [3.63, 3.8) is 0 Å². The number of hydrogen-bond acceptors (Lipinski definition) is 1. The Kier molecular flexibility index (Phi) is 4.37. The fourth-order valence-corrected chi connectivity index (χ4v) is 4.24. The molecule has 1 nitrogen and oxygen atoms in total. The quantitative estimate of drug-likeness (QED) is 0.819. The van der Waals surface area contributed by atoms with Crippen LogP contribution in [0.5, 0.6) is 0 Å². The zero-order chi connectivity index (χ0) is 14.0. The highest BCUT2D eigenvalue weighted by molar-refractivity contribution is 6.30. The van der Waals surface area contributed by atoms with E-state index in [1.807, 2.05) is 12.1 Å². The molecule has 2 fully saturated rings. The van der Waals surface area contributed by atoms with Crippen LogP contribution in [-0.2, 0) is 5.41 Å². The van der Waals surface area contributed by atoms with Gasteiger partial charge in [-0.15, -0.1) is 0 Å². The minimum atomic E-state index is -0.180. The van der Waals surface area contributed by atoms with Crippen LogP contribution in [0.25, 0.3) is 0 Å². The van der Waals surface area contributed by atoms with Gasteiger partial charge in [-0.1, -0.05) is 62.3 Å². The Morgan fingerprint density at radius 1 is 1.05 bits per heavy atom. The summed E-state index contributed by atoms with van der Waals surface area (Å²) in [7, 11) is 0. The van der Waals surface area contributed by atoms with E-state index >= 15 is 0 Å². The molecule has 1 atom stereocenters. The maximum absolute atomic E-state index is 10.9. The second-order valence-corrected chi connectivity index (χ2v) is 7.21. The highest BCUT2D eigenvalue weighted by Crippen LogP contribution is 2.48. The van der Waals surface area contributed by atoms with Gasteiger partial charge in [-0.3, -0.25) is 0 Å². The average Bonchev–Trinajstić information content (AvgIpc) is 2.41. The topological polar surface area (TPSA) is 20.2 Å². The summed E-state index contributed by atoms with van der Waals surface area (Å²) in [5, 5.41) is 11.6. The molecule has 1 N–H and O–H groups in total. The molecule has 0 spiro atoms. The van der Waals surface area contributed by atoms with Crippen molar-refractivity contribution in [2.45, 2.75) is 69.3 Å². The van der Waals surface area contributed by atoms with Crippen LogP contribution in [0.3, 0.4) is 0 Å². The third-order valence-electron chi connectivity index (χ3n) is 5.58. The fraction of sp³-hybridized carbons (Fsp3) is 0.667. The van der Waals surface area contributed by atoms with Crippen molar-refractivity contribution in [1.29, 1.82) is 0 Å². The summed E-state index contributed by atoms with van der Waals surface area (Å²) >= 11 is 6.00. The van der Waals surface area contributed by atoms with E-state index in [0.29, 0.717) is 0 Å². The molecule has 0 aliphatic heterocycles. The van der Waals surface area contributed by atoms with Gasteiger partial charge in [-0.05, 0) is 42.9 Å². The number of halogens is 1. The lowest BCUT2D eigenvalue weighted by Crippen LogP contribution is -2.46. The average molecular weight is 293 g/mol. The highest BCUT2D eigenvalue weighted by atomic mass is 35.5. The molecule has 0 heterocycles. The van der Waals surface area contributed by atoms with Crippen molar-refractivity contribution in [1.82, 2.24) is 0 Å². The molecule has 0 amide bonds. The molecular weight excluding hydrogens is 268 g/mol. The monoisotopic (exact) mass is 292 g/mol. The number of aliphatic hydroxyl groups is 1. The van der Waals surface area contributed by atoms with Gasteiger partial charge in [0.25, 0.3) is 0 Å². The second kappa shape index (κ2) is 6.07. The molecule has 0 aromatic heterocycles. The SMILES string of the molecule is OC(CC1CCCCC1)C1(c2ccc(Cl)cc2)CCC1. The van der Waals surface area contributed by atoms with Crippen LogP contribution >= 0.6 is 11.6 Å². The Balaban J connectivity index is 1.72. The maximum atomic E-state index is 10.9. The lowest BCUT2D eigenvalue weighted by Gasteiger charge is -2.47. The first-order chi connectivity index (χ1) is 9.71. The summed E-state index contributed by atoms with van der Waals surface area (Å²) < 4.78 is 0. The van der Waals surface area contributed by atoms with Crippen molar-refractivity contribution in [2.24, 2.45) is 5.92 Å². The normalized spacial score (nSPS) is 24.1. The van der Waals surface area contributed by atoms with Gasteiger partial charge in [0, 0.05) is 10.4 Å². The molecule has 0 saturated heterocycles. The van der Waals surface area contributed by atoms with E-state index < -0.39 is 0 Å². The molecule has 2 heteroatoms. The molecule has 0 bridgehead atoms. The first-order valence-corrected chi connectivity index (χ1v) is 8.53. The van der Waals surface area contributed by atoms with E-state index in [2.05, 4.69) is 12.1 Å². The van der Waals surface area contributed by atoms with Gasteiger partial charge in [0.15, 0.2) is 0 Å². The van der Waals surface area contributed by atoms with E-state index in [-0.39, 0.29) is 11.5 Å². The second-order valence-electron chi connectivity index (χ2n) is 6.77. The number of benzene rings is 1. The predicted octanol–water partition coefficient (Wildman–Crippen LogP) is 5.09. The molecule has 1 unspecified atom stereocenters. The van der Waals surface area contributed by atoms with Gasteiger partial charge < -0.3 is 5.11 Å². The summed E-state index contributed by atoms with van der Waals surface area (Å²) in [6.07, 6.45) is 11.0. The third kappa shape index (κ3) is 2.76. The Bertz CT molecular complexity index is 429. The molecule has 2 aliphatic carbocycles. The van der Waals surface area contributed by atoms with E-state index in [1.165, 1.54) is 44.1 Å². The number of rotatable bonds is 4. The van der Waals surface area contributed by atoms with Crippen molar-refractivity contribution >= 4 is 11.6 Å². The third-order valence-corrected chi connectivity index (χ3v) is 5.84. The molecular formula is C18H25ClO. The molecule has 20 heavy (non-hydrogen) atoms. The van der Waals surface area contributed by atoms with E-state index in [1.54, 1.807) is 0 Å². The van der Waals surface area contributed by atoms with Gasteiger partial charge in [-0.25, -0.2) is 0 Å². The van der Waals surface area contributed by atoms with Crippen LogP contribution in [0.4, 0.5) is 0 Å². The van der Waals surface area contributed by atoms with Crippen LogP contribution in [0.15, 0.2) is 24.3 Å². The van der Waals surface area contributed by atoms with Gasteiger partial charge in [0.2, 0.25) is 0 Å². The Morgan fingerprint density at radius 2 is 1.70 bits per heavy atom. The van der Waals surface area contributed by atoms with E-state index in [4.69, 9.17) is 11.6 Å². The van der Waals surface area contributed by atoms with Crippen LogP contribution < -0.4 is 0 Å². The molecule has 2 saturated carbocycles. The van der Waals surface area contributed by atoms with Gasteiger partial charge >= 0.3 is 0 Å². The molecule has 0 radical (unpaired) electrons. The van der Waals surface area contributed by atoms with Crippen LogP contribution in [0.2, 0.25) is 5.02 Å². The minimum absolute atomic E-state index is 0.0159. The van der Waals surface area contributed by atoms with Crippen molar-refractivity contribution in [3.8, 4) is 0 Å². The largest absolute Gasteiger partial charge is 0.392 e. The molecule has 1 aromatic rings. The summed E-state index contributed by atoms with van der Waals surface area (Å²) in [6.45, 7) is 0. The maximum Gasteiger partial charge on any atom is 0.0639 e. The van der Waals surface area contributed by atoms with Crippen LogP contribution in [-0.4, -0.2) is 11.2 Å². The summed E-state index contributed by atoms with van der Waals surface area (Å²) in [5.41, 5.74) is 1.30. The Hall–Kier alpha value is -0.530. The van der Waals surface area contributed by atoms with E-state index in [9.17, 15) is 5.11 Å². The Morgan fingerprint density at radius 3 is 2.25 bits per heavy atom. The predicted molar refractivity (Wildman–Crippen MR) is 84.2 cm³/mol. The highest BCUT2D eigenvalue weighted by Gasteiger charge is 2.45. The first-order valence-electron chi connectivity index (χ1n) is 8.15. The van der Waals surface area contributed by atoms with E-state index in [0.717, 1.165) is 30.2 Å². The molecule has 2 aliphatic rings. The van der Waals surface area contributed by atoms with Crippen LogP contribution in [0.1, 0.15) is 63.4 Å². The lowest BCUT2D eigenvalue weighted by atomic mass is 9.59. The summed E-state index contributed by atoms with van der Waals surface area (Å²) in [6, 6.07) is 8.16. The minimum Gasteiger partial charge on any atom is -0.392 e. The molecule has 3 rings (SSSR count). The van der Waals surface area contributed by atoms with Crippen LogP contribution in [0, 0.1) is 5.92 Å². The van der Waals surface area contributed by atoms with Crippen molar-refractivity contribution in [2.75, 3.05) is 0 Å². The van der Waals surface area contributed by atoms with Gasteiger partial charge in [-0.2, -0.15) is 0 Å². The molecule has 110 valence electrons. The zero-order valence-electron chi connectivity index (χ0n) is 12.2. The summed E-state index contributed by atoms with van der Waals surface area (Å²) in [4.78, 5) is 0. The zero-order valence-corrected chi connectivity index (χ0v) is 12.9. The smallest absolute Gasteiger partial charge is 0.0639 e.